The van der Waals surface area contributed by atoms with Crippen LogP contribution in [0.4, 0.5) is 0 Å². The van der Waals surface area contributed by atoms with Crippen LogP contribution in [0.25, 0.3) is 0 Å². The molecule has 1 N–H and O–H groups in total. The Morgan fingerprint density at radius 1 is 1.36 bits per heavy atom. The summed E-state index contributed by atoms with van der Waals surface area (Å²) in [5, 5.41) is 0. The zero-order valence-electron chi connectivity index (χ0n) is 6.02. The average Bonchev–Trinajstić information content (AvgIpc) is 1.85. The molecule has 0 aromatic carbocycles. The van der Waals surface area contributed by atoms with E-state index in [1.165, 1.54) is 7.11 Å². The van der Waals surface area contributed by atoms with E-state index in [1.807, 2.05) is 0 Å². The molecule has 0 bridgehead atoms. The summed E-state index contributed by atoms with van der Waals surface area (Å²) >= 11 is 0. The fourth-order valence-corrected chi connectivity index (χ4v) is 0.547. The second-order valence-corrected chi connectivity index (χ2v) is 2.66. The summed E-state index contributed by atoms with van der Waals surface area (Å²) in [5.74, 6) is 0. The molecule has 7 heteroatoms. The van der Waals surface area contributed by atoms with E-state index >= 15 is 0 Å². The summed E-state index contributed by atoms with van der Waals surface area (Å²) in [7, 11) is -2.97. The molecule has 0 amide bonds. The maximum absolute atomic E-state index is 9.84. The van der Waals surface area contributed by atoms with Crippen LogP contribution in [-0.2, 0) is 24.4 Å². The van der Waals surface area contributed by atoms with Gasteiger partial charge in [-0.05, 0) is 6.42 Å². The Bertz CT molecular complexity index is 173. The Morgan fingerprint density at radius 2 is 2.00 bits per heavy atom. The molecule has 0 aromatic rings. The molecule has 0 aliphatic heterocycles. The van der Waals surface area contributed by atoms with Crippen molar-refractivity contribution in [1.82, 2.24) is 0 Å². The Balaban J connectivity index is 3.16. The van der Waals surface area contributed by atoms with Gasteiger partial charge in [0.25, 0.3) is 0 Å². The molecule has 6 nitrogen and oxygen atoms in total. The highest BCUT2D eigenvalue weighted by Crippen LogP contribution is 1.89. The highest BCUT2D eigenvalue weighted by molar-refractivity contribution is 7.80. The topological polar surface area (TPSA) is 82.1 Å². The van der Waals surface area contributed by atoms with Gasteiger partial charge in [0, 0.05) is 13.7 Å². The van der Waals surface area contributed by atoms with E-state index in [4.69, 9.17) is 4.55 Å². The summed E-state index contributed by atoms with van der Waals surface area (Å²) in [5.41, 5.74) is 0. The lowest BCUT2D eigenvalue weighted by molar-refractivity contribution is -0.209. The van der Waals surface area contributed by atoms with E-state index < -0.39 is 10.4 Å². The summed E-state index contributed by atoms with van der Waals surface area (Å²) in [6.07, 6.45) is 0.492. The van der Waals surface area contributed by atoms with E-state index in [2.05, 4.69) is 14.0 Å². The minimum absolute atomic E-state index is 0.0492. The van der Waals surface area contributed by atoms with Crippen molar-refractivity contribution in [2.24, 2.45) is 0 Å². The Morgan fingerprint density at radius 3 is 2.45 bits per heavy atom. The van der Waals surface area contributed by atoms with Crippen molar-refractivity contribution < 1.29 is 26.9 Å². The molecule has 0 saturated heterocycles. The van der Waals surface area contributed by atoms with Crippen LogP contribution in [0.5, 0.6) is 0 Å². The summed E-state index contributed by atoms with van der Waals surface area (Å²) < 4.78 is 35.8. The zero-order valence-corrected chi connectivity index (χ0v) is 6.83. The van der Waals surface area contributed by atoms with E-state index in [1.54, 1.807) is 0 Å². The van der Waals surface area contributed by atoms with Crippen molar-refractivity contribution in [3.63, 3.8) is 0 Å². The quantitative estimate of drug-likeness (QED) is 0.267. The molecule has 11 heavy (non-hydrogen) atoms. The van der Waals surface area contributed by atoms with Crippen LogP contribution < -0.4 is 0 Å². The lowest BCUT2D eigenvalue weighted by Gasteiger charge is -1.98. The Kier molecular flexibility index (Phi) is 5.34. The van der Waals surface area contributed by atoms with Crippen LogP contribution in [0.1, 0.15) is 6.42 Å². The molecule has 0 unspecified atom stereocenters. The molecule has 0 spiro atoms. The maximum Gasteiger partial charge on any atom is 0.424 e. The summed E-state index contributed by atoms with van der Waals surface area (Å²) in [6.45, 7) is 0.489. The molecular weight excluding hydrogens is 176 g/mol. The minimum atomic E-state index is -4.47. The van der Waals surface area contributed by atoms with Crippen molar-refractivity contribution in [2.45, 2.75) is 6.42 Å². The normalized spacial score (nSPS) is 11.8. The molecule has 0 rings (SSSR count). The van der Waals surface area contributed by atoms with Crippen LogP contribution in [0.2, 0.25) is 0 Å². The number of ether oxygens (including phenoxy) is 1. The molecule has 0 radical (unpaired) electrons. The van der Waals surface area contributed by atoms with Crippen molar-refractivity contribution in [3.8, 4) is 0 Å². The zero-order chi connectivity index (χ0) is 8.74. The fourth-order valence-electron chi connectivity index (χ4n) is 0.357. The van der Waals surface area contributed by atoms with Crippen LogP contribution in [-0.4, -0.2) is 33.3 Å². The van der Waals surface area contributed by atoms with Gasteiger partial charge in [0.2, 0.25) is 0 Å². The molecule has 68 valence electrons. The van der Waals surface area contributed by atoms with Gasteiger partial charge >= 0.3 is 10.4 Å². The number of hydrogen-bond donors (Lipinski definition) is 1. The van der Waals surface area contributed by atoms with Gasteiger partial charge in [-0.1, -0.05) is 4.33 Å². The SMILES string of the molecule is COCCCOOS(=O)(=O)O. The summed E-state index contributed by atoms with van der Waals surface area (Å²) in [4.78, 5) is 4.08. The molecule has 0 aliphatic rings. The fraction of sp³-hybridized carbons (Fsp3) is 1.00. The first-order valence-electron chi connectivity index (χ1n) is 2.83. The third kappa shape index (κ3) is 9.79. The van der Waals surface area contributed by atoms with E-state index in [0.29, 0.717) is 13.0 Å². The minimum Gasteiger partial charge on any atom is -0.385 e. The monoisotopic (exact) mass is 186 g/mol. The van der Waals surface area contributed by atoms with Crippen LogP contribution in [0.15, 0.2) is 0 Å². The standard InChI is InChI=1S/C4H10O6S/c1-8-3-2-4-9-10-11(5,6)7/h2-4H2,1H3,(H,5,6,7). The summed E-state index contributed by atoms with van der Waals surface area (Å²) in [6, 6.07) is 0. The highest BCUT2D eigenvalue weighted by atomic mass is 32.3. The lowest BCUT2D eigenvalue weighted by Crippen LogP contribution is -2.06. The third-order valence-corrected chi connectivity index (χ3v) is 0.978. The highest BCUT2D eigenvalue weighted by Gasteiger charge is 2.03. The molecule has 0 atom stereocenters. The van der Waals surface area contributed by atoms with Gasteiger partial charge in [0.1, 0.15) is 0 Å². The second-order valence-electron chi connectivity index (χ2n) is 1.66. The number of methoxy groups -OCH3 is 1. The number of hydrogen-bond acceptors (Lipinski definition) is 5. The average molecular weight is 186 g/mol. The molecule has 0 saturated carbocycles. The van der Waals surface area contributed by atoms with Crippen LogP contribution in [0.3, 0.4) is 0 Å². The molecule has 0 heterocycles. The first-order valence-corrected chi connectivity index (χ1v) is 4.20. The first-order chi connectivity index (χ1) is 5.06. The smallest absolute Gasteiger partial charge is 0.385 e. The maximum atomic E-state index is 9.84. The van der Waals surface area contributed by atoms with Crippen molar-refractivity contribution in [3.05, 3.63) is 0 Å². The largest absolute Gasteiger partial charge is 0.424 e. The molecule has 0 aromatic heterocycles. The van der Waals surface area contributed by atoms with Crippen LogP contribution >= 0.6 is 0 Å². The lowest BCUT2D eigenvalue weighted by atomic mass is 10.5. The molecular formula is C4H10O6S. The first kappa shape index (κ1) is 10.8. The van der Waals surface area contributed by atoms with Gasteiger partial charge in [0.05, 0.1) is 6.61 Å². The Labute approximate surface area is 64.9 Å². The van der Waals surface area contributed by atoms with E-state index in [-0.39, 0.29) is 6.61 Å². The van der Waals surface area contributed by atoms with Gasteiger partial charge in [-0.25, -0.2) is 4.89 Å². The van der Waals surface area contributed by atoms with Crippen molar-refractivity contribution >= 4 is 10.4 Å². The van der Waals surface area contributed by atoms with Gasteiger partial charge < -0.3 is 4.74 Å². The van der Waals surface area contributed by atoms with E-state index in [0.717, 1.165) is 0 Å². The predicted molar refractivity (Wildman–Crippen MR) is 35.1 cm³/mol. The molecule has 0 aliphatic carbocycles. The molecule has 0 fully saturated rings. The second kappa shape index (κ2) is 5.44. The van der Waals surface area contributed by atoms with Crippen molar-refractivity contribution in [1.29, 1.82) is 0 Å². The third-order valence-electron chi connectivity index (χ3n) is 0.710. The van der Waals surface area contributed by atoms with Crippen LogP contribution in [0, 0.1) is 0 Å². The van der Waals surface area contributed by atoms with Gasteiger partial charge in [-0.3, -0.25) is 4.55 Å². The van der Waals surface area contributed by atoms with Crippen molar-refractivity contribution in [2.75, 3.05) is 20.3 Å². The predicted octanol–water partition coefficient (Wildman–Crippen LogP) is -0.226. The Hall–Kier alpha value is -0.210. The van der Waals surface area contributed by atoms with Gasteiger partial charge in [-0.2, -0.15) is 8.42 Å². The van der Waals surface area contributed by atoms with E-state index in [9.17, 15) is 8.42 Å². The van der Waals surface area contributed by atoms with Gasteiger partial charge in [0.15, 0.2) is 0 Å². The number of rotatable bonds is 6. The van der Waals surface area contributed by atoms with Gasteiger partial charge in [-0.15, -0.1) is 0 Å².